The van der Waals surface area contributed by atoms with Gasteiger partial charge in [0.2, 0.25) is 0 Å². The number of rotatable bonds is 3. The van der Waals surface area contributed by atoms with Crippen molar-refractivity contribution in [2.75, 3.05) is 17.2 Å². The Morgan fingerprint density at radius 1 is 1.42 bits per heavy atom. The zero-order valence-corrected chi connectivity index (χ0v) is 17.3. The van der Waals surface area contributed by atoms with Crippen LogP contribution in [0.4, 0.5) is 11.6 Å². The number of hydrogen-bond donors (Lipinski definition) is 2. The molecular formula is C9H10BrN4O3W2-. The minimum Gasteiger partial charge on any atom is -0.520 e. The molecule has 0 aliphatic heterocycles. The number of amides is 1. The van der Waals surface area contributed by atoms with E-state index in [9.17, 15) is 9.59 Å². The summed E-state index contributed by atoms with van der Waals surface area (Å²) < 4.78 is 5.00. The average molecular weight is 670 g/mol. The fourth-order valence-corrected chi connectivity index (χ4v) is 1.22. The zero-order valence-electron chi connectivity index (χ0n) is 9.81. The second-order valence-electron chi connectivity index (χ2n) is 2.74. The van der Waals surface area contributed by atoms with Crippen LogP contribution >= 0.6 is 15.9 Å². The van der Waals surface area contributed by atoms with Gasteiger partial charge in [-0.15, -0.1) is 0 Å². The molecule has 7 nitrogen and oxygen atoms in total. The minimum atomic E-state index is -0.979. The summed E-state index contributed by atoms with van der Waals surface area (Å²) in [5, 5.41) is 4.76. The summed E-state index contributed by atoms with van der Waals surface area (Å²) >= 11 is 3.11. The SMILES string of the molecule is [CH2-]Nc1nc(Br)cnc1NC(=O)C(=O)OCC.[W].[W]. The molecule has 0 aliphatic carbocycles. The Hall–Kier alpha value is -0.323. The maximum absolute atomic E-state index is 11.3. The van der Waals surface area contributed by atoms with Crippen molar-refractivity contribution >= 4 is 39.4 Å². The van der Waals surface area contributed by atoms with Gasteiger partial charge in [-0.05, 0) is 22.9 Å². The largest absolute Gasteiger partial charge is 0.520 e. The van der Waals surface area contributed by atoms with Gasteiger partial charge < -0.3 is 10.1 Å². The van der Waals surface area contributed by atoms with Crippen LogP contribution in [0.25, 0.3) is 0 Å². The maximum atomic E-state index is 11.3. The van der Waals surface area contributed by atoms with Crippen LogP contribution in [0.1, 0.15) is 6.92 Å². The molecule has 0 atom stereocenters. The summed E-state index contributed by atoms with van der Waals surface area (Å²) in [6.45, 7) is 1.73. The van der Waals surface area contributed by atoms with E-state index in [-0.39, 0.29) is 60.4 Å². The molecule has 0 saturated carbocycles. The van der Waals surface area contributed by atoms with Gasteiger partial charge in [-0.2, -0.15) is 0 Å². The van der Waals surface area contributed by atoms with Crippen molar-refractivity contribution in [3.8, 4) is 0 Å². The van der Waals surface area contributed by atoms with E-state index in [4.69, 9.17) is 0 Å². The van der Waals surface area contributed by atoms with E-state index >= 15 is 0 Å². The van der Waals surface area contributed by atoms with E-state index in [0.29, 0.717) is 4.60 Å². The maximum Gasteiger partial charge on any atom is 0.397 e. The number of carbonyl (C=O) groups is 2. The van der Waals surface area contributed by atoms with Crippen LogP contribution in [0.5, 0.6) is 0 Å². The molecule has 0 fully saturated rings. The molecule has 0 bridgehead atoms. The van der Waals surface area contributed by atoms with Gasteiger partial charge >= 0.3 is 11.9 Å². The Morgan fingerprint density at radius 3 is 2.58 bits per heavy atom. The van der Waals surface area contributed by atoms with Crippen LogP contribution in [0.3, 0.4) is 0 Å². The van der Waals surface area contributed by atoms with Crippen LogP contribution in [0.15, 0.2) is 10.8 Å². The molecule has 0 unspecified atom stereocenters. The molecule has 0 aromatic carbocycles. The van der Waals surface area contributed by atoms with Crippen LogP contribution in [0.2, 0.25) is 0 Å². The van der Waals surface area contributed by atoms with E-state index in [1.54, 1.807) is 6.92 Å². The van der Waals surface area contributed by atoms with E-state index in [1.165, 1.54) is 6.20 Å². The molecule has 1 rings (SSSR count). The summed E-state index contributed by atoms with van der Waals surface area (Å²) in [6, 6.07) is 0. The third kappa shape index (κ3) is 6.59. The number of hydrogen-bond acceptors (Lipinski definition) is 6. The fourth-order valence-electron chi connectivity index (χ4n) is 0.938. The van der Waals surface area contributed by atoms with Crippen molar-refractivity contribution in [2.24, 2.45) is 0 Å². The third-order valence-electron chi connectivity index (χ3n) is 1.60. The van der Waals surface area contributed by atoms with Crippen molar-refractivity contribution in [1.29, 1.82) is 0 Å². The quantitative estimate of drug-likeness (QED) is 0.283. The molecule has 10 heteroatoms. The number of esters is 1. The number of halogens is 1. The second kappa shape index (κ2) is 10.5. The third-order valence-corrected chi connectivity index (χ3v) is 1.99. The van der Waals surface area contributed by atoms with E-state index in [2.05, 4.69) is 48.3 Å². The first kappa shape index (κ1) is 21.0. The Balaban J connectivity index is 0. The number of ether oxygens (including phenoxy) is 1. The van der Waals surface area contributed by atoms with Gasteiger partial charge in [-0.25, -0.2) is 14.8 Å². The monoisotopic (exact) mass is 669 g/mol. The number of nitrogens with one attached hydrogen (secondary N) is 2. The molecule has 1 heterocycles. The smallest absolute Gasteiger partial charge is 0.397 e. The van der Waals surface area contributed by atoms with Crippen molar-refractivity contribution in [3.05, 3.63) is 17.8 Å². The second-order valence-corrected chi connectivity index (χ2v) is 3.55. The standard InChI is InChI=1S/C9H10BrN4O3.2W/c1-3-17-9(16)8(15)14-7-6(11-2)13-5(10)4-12-7;;/h4H,2-3H2,1H3,(H,11,13)(H,12,14,15);;/q-1;;. The van der Waals surface area contributed by atoms with E-state index in [1.807, 2.05) is 0 Å². The van der Waals surface area contributed by atoms with Crippen LogP contribution in [0, 0.1) is 7.05 Å². The van der Waals surface area contributed by atoms with Crippen LogP contribution in [-0.2, 0) is 56.5 Å². The molecule has 0 saturated heterocycles. The van der Waals surface area contributed by atoms with Crippen LogP contribution < -0.4 is 10.6 Å². The van der Waals surface area contributed by atoms with Crippen LogP contribution in [-0.4, -0.2) is 28.5 Å². The van der Waals surface area contributed by atoms with Gasteiger partial charge in [0.25, 0.3) is 0 Å². The zero-order chi connectivity index (χ0) is 12.8. The summed E-state index contributed by atoms with van der Waals surface area (Å²) in [6.07, 6.45) is 1.38. The number of anilines is 2. The first-order valence-electron chi connectivity index (χ1n) is 4.62. The van der Waals surface area contributed by atoms with E-state index in [0.717, 1.165) is 0 Å². The molecule has 0 spiro atoms. The Kier molecular flexibility index (Phi) is 11.6. The summed E-state index contributed by atoms with van der Waals surface area (Å²) in [4.78, 5) is 30.3. The first-order chi connectivity index (χ1) is 8.08. The summed E-state index contributed by atoms with van der Waals surface area (Å²) in [7, 11) is 3.41. The van der Waals surface area contributed by atoms with Gasteiger partial charge in [-0.1, -0.05) is 0 Å². The Labute approximate surface area is 147 Å². The summed E-state index contributed by atoms with van der Waals surface area (Å²) in [5.74, 6) is -1.56. The van der Waals surface area contributed by atoms with Crippen molar-refractivity contribution < 1.29 is 56.5 Å². The summed E-state index contributed by atoms with van der Waals surface area (Å²) in [5.41, 5.74) is 0. The molecule has 104 valence electrons. The molecule has 1 amide bonds. The van der Waals surface area contributed by atoms with Crippen molar-refractivity contribution in [1.82, 2.24) is 9.97 Å². The average Bonchev–Trinajstić information content (AvgIpc) is 2.31. The first-order valence-corrected chi connectivity index (χ1v) is 5.41. The predicted octanol–water partition coefficient (Wildman–Crippen LogP) is 0.939. The predicted molar refractivity (Wildman–Crippen MR) is 64.0 cm³/mol. The number of carbonyl (C=O) groups excluding carboxylic acids is 2. The Bertz CT molecular complexity index is 447. The van der Waals surface area contributed by atoms with Gasteiger partial charge in [0.1, 0.15) is 10.4 Å². The molecular weight excluding hydrogens is 660 g/mol. The molecule has 19 heavy (non-hydrogen) atoms. The van der Waals surface area contributed by atoms with E-state index < -0.39 is 11.9 Å². The fraction of sp³-hybridized carbons (Fsp3) is 0.222. The van der Waals surface area contributed by atoms with Gasteiger partial charge in [0.05, 0.1) is 12.8 Å². The number of aromatic nitrogens is 2. The minimum absolute atomic E-state index is 0. The molecule has 2 N–H and O–H groups in total. The molecule has 0 aliphatic rings. The number of nitrogens with zero attached hydrogens (tertiary/aromatic N) is 2. The topological polar surface area (TPSA) is 93.2 Å². The van der Waals surface area contributed by atoms with Crippen molar-refractivity contribution in [3.63, 3.8) is 0 Å². The molecule has 1 aromatic heterocycles. The molecule has 0 radical (unpaired) electrons. The molecule has 1 aromatic rings. The van der Waals surface area contributed by atoms with Gasteiger partial charge in [0.15, 0.2) is 5.82 Å². The normalized spacial score (nSPS) is 8.58. The van der Waals surface area contributed by atoms with Gasteiger partial charge in [-0.3, -0.25) is 17.2 Å². The Morgan fingerprint density at radius 2 is 2.05 bits per heavy atom. The van der Waals surface area contributed by atoms with Gasteiger partial charge in [0, 0.05) is 42.1 Å². The van der Waals surface area contributed by atoms with Crippen molar-refractivity contribution in [2.45, 2.75) is 6.92 Å².